The number of fused-ring (bicyclic) bond motifs is 1. The third kappa shape index (κ3) is 3.64. The fraction of sp³-hybridized carbons (Fsp3) is 0.450. The summed E-state index contributed by atoms with van der Waals surface area (Å²) in [5.74, 6) is -0.472. The molecule has 0 radical (unpaired) electrons. The Hall–Kier alpha value is -2.63. The van der Waals surface area contributed by atoms with Crippen molar-refractivity contribution in [2.45, 2.75) is 58.6 Å². The highest BCUT2D eigenvalue weighted by molar-refractivity contribution is 5.94. The van der Waals surface area contributed by atoms with E-state index in [1.807, 2.05) is 25.1 Å². The molecule has 0 saturated heterocycles. The van der Waals surface area contributed by atoms with Gasteiger partial charge in [0.1, 0.15) is 11.3 Å². The number of carbonyl (C=O) groups is 2. The second-order valence-corrected chi connectivity index (χ2v) is 6.61. The lowest BCUT2D eigenvalue weighted by Gasteiger charge is -2.27. The SMILES string of the molecule is CCc1noc(C)c1C(=O)OC(C)C(=O)NC1CCCc2ccccc21. The van der Waals surface area contributed by atoms with Gasteiger partial charge in [-0.05, 0) is 50.7 Å². The summed E-state index contributed by atoms with van der Waals surface area (Å²) in [5, 5.41) is 6.86. The Morgan fingerprint density at radius 3 is 2.92 bits per heavy atom. The Balaban J connectivity index is 1.66. The summed E-state index contributed by atoms with van der Waals surface area (Å²) in [4.78, 5) is 24.9. The first-order valence-electron chi connectivity index (χ1n) is 9.05. The molecular weight excluding hydrogens is 332 g/mol. The van der Waals surface area contributed by atoms with E-state index in [2.05, 4.69) is 16.5 Å². The van der Waals surface area contributed by atoms with Crippen molar-refractivity contribution in [3.05, 3.63) is 52.4 Å². The van der Waals surface area contributed by atoms with Crippen LogP contribution >= 0.6 is 0 Å². The summed E-state index contributed by atoms with van der Waals surface area (Å²) in [6.07, 6.45) is 2.60. The van der Waals surface area contributed by atoms with Crippen molar-refractivity contribution in [2.24, 2.45) is 0 Å². The maximum Gasteiger partial charge on any atom is 0.344 e. The molecule has 2 unspecified atom stereocenters. The number of hydrogen-bond donors (Lipinski definition) is 1. The summed E-state index contributed by atoms with van der Waals surface area (Å²) in [5.41, 5.74) is 3.27. The van der Waals surface area contributed by atoms with Crippen molar-refractivity contribution in [3.63, 3.8) is 0 Å². The van der Waals surface area contributed by atoms with Gasteiger partial charge in [0.05, 0.1) is 11.7 Å². The summed E-state index contributed by atoms with van der Waals surface area (Å²) < 4.78 is 10.4. The van der Waals surface area contributed by atoms with E-state index in [1.165, 1.54) is 5.56 Å². The van der Waals surface area contributed by atoms with E-state index in [4.69, 9.17) is 9.26 Å². The largest absolute Gasteiger partial charge is 0.449 e. The Labute approximate surface area is 152 Å². The van der Waals surface area contributed by atoms with Gasteiger partial charge in [0.25, 0.3) is 5.91 Å². The summed E-state index contributed by atoms with van der Waals surface area (Å²) in [6.45, 7) is 5.12. The molecule has 6 nitrogen and oxygen atoms in total. The number of carbonyl (C=O) groups excluding carboxylic acids is 2. The molecule has 1 heterocycles. The van der Waals surface area contributed by atoms with Gasteiger partial charge >= 0.3 is 5.97 Å². The van der Waals surface area contributed by atoms with E-state index in [9.17, 15) is 9.59 Å². The molecule has 1 amide bonds. The van der Waals surface area contributed by atoms with Crippen LogP contribution in [0.4, 0.5) is 0 Å². The number of rotatable bonds is 5. The predicted molar refractivity (Wildman–Crippen MR) is 95.8 cm³/mol. The smallest absolute Gasteiger partial charge is 0.344 e. The van der Waals surface area contributed by atoms with Crippen molar-refractivity contribution in [2.75, 3.05) is 0 Å². The van der Waals surface area contributed by atoms with Crippen LogP contribution < -0.4 is 5.32 Å². The molecule has 0 spiro atoms. The maximum atomic E-state index is 12.5. The van der Waals surface area contributed by atoms with Gasteiger partial charge in [-0.3, -0.25) is 4.79 Å². The lowest BCUT2D eigenvalue weighted by atomic mass is 9.87. The number of benzene rings is 1. The third-order valence-corrected chi connectivity index (χ3v) is 4.81. The van der Waals surface area contributed by atoms with Crippen LogP contribution in [0.5, 0.6) is 0 Å². The van der Waals surface area contributed by atoms with Crippen molar-refractivity contribution in [1.82, 2.24) is 10.5 Å². The van der Waals surface area contributed by atoms with Crippen LogP contribution in [-0.4, -0.2) is 23.1 Å². The molecule has 6 heteroatoms. The molecule has 0 saturated carbocycles. The van der Waals surface area contributed by atoms with E-state index in [1.54, 1.807) is 13.8 Å². The first kappa shape index (κ1) is 18.2. The number of nitrogens with one attached hydrogen (secondary N) is 1. The Bertz CT molecular complexity index is 812. The molecule has 26 heavy (non-hydrogen) atoms. The van der Waals surface area contributed by atoms with Crippen LogP contribution in [-0.2, 0) is 22.4 Å². The maximum absolute atomic E-state index is 12.5. The highest BCUT2D eigenvalue weighted by atomic mass is 16.5. The van der Waals surface area contributed by atoms with Crippen molar-refractivity contribution < 1.29 is 18.8 Å². The average Bonchev–Trinajstić information content (AvgIpc) is 3.02. The van der Waals surface area contributed by atoms with Crippen LogP contribution in [0.1, 0.15) is 65.7 Å². The minimum Gasteiger partial charge on any atom is -0.449 e. The number of esters is 1. The molecule has 1 aliphatic rings. The Morgan fingerprint density at radius 2 is 2.15 bits per heavy atom. The van der Waals surface area contributed by atoms with Crippen LogP contribution in [0.3, 0.4) is 0 Å². The minimum atomic E-state index is -0.893. The van der Waals surface area contributed by atoms with E-state index >= 15 is 0 Å². The van der Waals surface area contributed by atoms with Crippen LogP contribution in [0.2, 0.25) is 0 Å². The molecule has 0 bridgehead atoms. The number of ether oxygens (including phenoxy) is 1. The normalized spacial score (nSPS) is 17.3. The third-order valence-electron chi connectivity index (χ3n) is 4.81. The zero-order valence-corrected chi connectivity index (χ0v) is 15.4. The quantitative estimate of drug-likeness (QED) is 0.832. The fourth-order valence-electron chi connectivity index (χ4n) is 3.39. The van der Waals surface area contributed by atoms with Crippen molar-refractivity contribution >= 4 is 11.9 Å². The van der Waals surface area contributed by atoms with Gasteiger partial charge in [-0.15, -0.1) is 0 Å². The highest BCUT2D eigenvalue weighted by Crippen LogP contribution is 2.29. The average molecular weight is 356 g/mol. The number of aryl methyl sites for hydroxylation is 3. The van der Waals surface area contributed by atoms with E-state index in [-0.39, 0.29) is 11.9 Å². The van der Waals surface area contributed by atoms with Gasteiger partial charge in [0.2, 0.25) is 0 Å². The standard InChI is InChI=1S/C20H24N2O4/c1-4-16-18(12(2)26-22-16)20(24)25-13(3)19(23)21-17-11-7-9-14-8-5-6-10-15(14)17/h5-6,8,10,13,17H,4,7,9,11H2,1-3H3,(H,21,23). The fourth-order valence-corrected chi connectivity index (χ4v) is 3.39. The second-order valence-electron chi connectivity index (χ2n) is 6.61. The molecule has 0 aliphatic heterocycles. The van der Waals surface area contributed by atoms with Gasteiger partial charge < -0.3 is 14.6 Å². The molecule has 1 aliphatic carbocycles. The topological polar surface area (TPSA) is 81.4 Å². The van der Waals surface area contributed by atoms with E-state index in [0.29, 0.717) is 23.4 Å². The molecule has 3 rings (SSSR count). The van der Waals surface area contributed by atoms with E-state index in [0.717, 1.165) is 24.8 Å². The molecule has 0 fully saturated rings. The Kier molecular flexibility index (Phi) is 5.40. The summed E-state index contributed by atoms with van der Waals surface area (Å²) >= 11 is 0. The molecule has 1 aromatic heterocycles. The highest BCUT2D eigenvalue weighted by Gasteiger charge is 2.28. The van der Waals surface area contributed by atoms with Gasteiger partial charge in [0, 0.05) is 0 Å². The van der Waals surface area contributed by atoms with Gasteiger partial charge in [0.15, 0.2) is 6.10 Å². The first-order chi connectivity index (χ1) is 12.5. The lowest BCUT2D eigenvalue weighted by molar-refractivity contribution is -0.130. The molecule has 1 aromatic carbocycles. The number of amides is 1. The molecule has 2 aromatic rings. The second kappa shape index (κ2) is 7.72. The molecular formula is C20H24N2O4. The monoisotopic (exact) mass is 356 g/mol. The van der Waals surface area contributed by atoms with Gasteiger partial charge in [-0.25, -0.2) is 4.79 Å². The predicted octanol–water partition coefficient (Wildman–Crippen LogP) is 3.28. The van der Waals surface area contributed by atoms with Crippen LogP contribution in [0.15, 0.2) is 28.8 Å². The minimum absolute atomic E-state index is 0.0443. The molecule has 1 N–H and O–H groups in total. The number of aromatic nitrogens is 1. The van der Waals surface area contributed by atoms with Crippen molar-refractivity contribution in [3.8, 4) is 0 Å². The van der Waals surface area contributed by atoms with Gasteiger partial charge in [-0.2, -0.15) is 0 Å². The number of hydrogen-bond acceptors (Lipinski definition) is 5. The summed E-state index contributed by atoms with van der Waals surface area (Å²) in [7, 11) is 0. The van der Waals surface area contributed by atoms with Crippen LogP contribution in [0.25, 0.3) is 0 Å². The van der Waals surface area contributed by atoms with Gasteiger partial charge in [-0.1, -0.05) is 36.3 Å². The van der Waals surface area contributed by atoms with Crippen LogP contribution in [0, 0.1) is 6.92 Å². The van der Waals surface area contributed by atoms with Crippen molar-refractivity contribution in [1.29, 1.82) is 0 Å². The lowest BCUT2D eigenvalue weighted by Crippen LogP contribution is -2.39. The molecule has 138 valence electrons. The molecule has 2 atom stereocenters. The number of nitrogens with zero attached hydrogens (tertiary/aromatic N) is 1. The zero-order valence-electron chi connectivity index (χ0n) is 15.4. The Morgan fingerprint density at radius 1 is 1.38 bits per heavy atom. The summed E-state index contributed by atoms with van der Waals surface area (Å²) in [6, 6.07) is 8.09. The van der Waals surface area contributed by atoms with E-state index < -0.39 is 12.1 Å². The zero-order chi connectivity index (χ0) is 18.7. The first-order valence-corrected chi connectivity index (χ1v) is 9.05.